The number of amides is 2. The predicted octanol–water partition coefficient (Wildman–Crippen LogP) is 0.870. The summed E-state index contributed by atoms with van der Waals surface area (Å²) in [5.74, 6) is 0. The number of nitrogens with zero attached hydrogens (tertiary/aromatic N) is 4. The fourth-order valence-corrected chi connectivity index (χ4v) is 1.48. The number of carbonyl (C=O) groups is 1. The average molecular weight is 260 g/mol. The summed E-state index contributed by atoms with van der Waals surface area (Å²) >= 11 is 0. The average Bonchev–Trinajstić information content (AvgIpc) is 2.85. The molecule has 19 heavy (non-hydrogen) atoms. The van der Waals surface area contributed by atoms with Crippen LogP contribution in [0.2, 0.25) is 0 Å². The standard InChI is InChI=1S/C12H16N6O/c1-9(2)15-12(19)14-6-10-8-18(17-16-10)11-4-3-5-13-7-11/h3-5,7-9H,6H2,1-2H3,(H2,14,15,19). The Hall–Kier alpha value is -2.44. The first-order chi connectivity index (χ1) is 9.15. The van der Waals surface area contributed by atoms with E-state index < -0.39 is 0 Å². The Bertz CT molecular complexity index is 536. The van der Waals surface area contributed by atoms with Crippen molar-refractivity contribution in [2.45, 2.75) is 26.4 Å². The number of hydrogen-bond acceptors (Lipinski definition) is 4. The van der Waals surface area contributed by atoms with Crippen molar-refractivity contribution in [3.63, 3.8) is 0 Å². The van der Waals surface area contributed by atoms with Crippen LogP contribution in [-0.4, -0.2) is 32.1 Å². The normalized spacial score (nSPS) is 10.5. The second-order valence-electron chi connectivity index (χ2n) is 4.35. The Labute approximate surface area is 111 Å². The lowest BCUT2D eigenvalue weighted by atomic mass is 10.4. The van der Waals surface area contributed by atoms with Crippen LogP contribution < -0.4 is 10.6 Å². The number of rotatable bonds is 4. The fourth-order valence-electron chi connectivity index (χ4n) is 1.48. The van der Waals surface area contributed by atoms with Crippen molar-refractivity contribution >= 4 is 6.03 Å². The summed E-state index contributed by atoms with van der Waals surface area (Å²) in [6, 6.07) is 3.59. The molecule has 0 aliphatic rings. The molecule has 2 heterocycles. The molecule has 0 aliphatic carbocycles. The van der Waals surface area contributed by atoms with Gasteiger partial charge in [0.05, 0.1) is 24.6 Å². The molecule has 0 unspecified atom stereocenters. The zero-order chi connectivity index (χ0) is 13.7. The highest BCUT2D eigenvalue weighted by atomic mass is 16.2. The van der Waals surface area contributed by atoms with Gasteiger partial charge < -0.3 is 10.6 Å². The quantitative estimate of drug-likeness (QED) is 0.854. The molecule has 0 saturated heterocycles. The van der Waals surface area contributed by atoms with E-state index in [1.807, 2.05) is 26.0 Å². The molecular weight excluding hydrogens is 244 g/mol. The topological polar surface area (TPSA) is 84.7 Å². The van der Waals surface area contributed by atoms with Crippen molar-refractivity contribution in [3.05, 3.63) is 36.4 Å². The van der Waals surface area contributed by atoms with Gasteiger partial charge in [-0.3, -0.25) is 4.98 Å². The summed E-state index contributed by atoms with van der Waals surface area (Å²) in [5.41, 5.74) is 1.51. The van der Waals surface area contributed by atoms with Crippen LogP contribution >= 0.6 is 0 Å². The van der Waals surface area contributed by atoms with E-state index >= 15 is 0 Å². The maximum atomic E-state index is 11.4. The molecule has 2 aromatic rings. The molecule has 2 N–H and O–H groups in total. The van der Waals surface area contributed by atoms with Crippen LogP contribution in [-0.2, 0) is 6.54 Å². The molecule has 2 aromatic heterocycles. The molecular formula is C12H16N6O. The molecule has 0 saturated carbocycles. The fraction of sp³-hybridized carbons (Fsp3) is 0.333. The first kappa shape index (κ1) is 13.0. The van der Waals surface area contributed by atoms with E-state index in [9.17, 15) is 4.79 Å². The van der Waals surface area contributed by atoms with Crippen molar-refractivity contribution in [1.82, 2.24) is 30.6 Å². The number of urea groups is 1. The lowest BCUT2D eigenvalue weighted by molar-refractivity contribution is 0.238. The zero-order valence-corrected chi connectivity index (χ0v) is 10.9. The third-order valence-electron chi connectivity index (χ3n) is 2.30. The minimum atomic E-state index is -0.217. The number of nitrogens with one attached hydrogen (secondary N) is 2. The molecule has 0 radical (unpaired) electrons. The molecule has 0 fully saturated rings. The molecule has 7 nitrogen and oxygen atoms in total. The molecule has 0 atom stereocenters. The van der Waals surface area contributed by atoms with E-state index in [4.69, 9.17) is 0 Å². The van der Waals surface area contributed by atoms with Crippen LogP contribution in [0.5, 0.6) is 0 Å². The maximum Gasteiger partial charge on any atom is 0.315 e. The molecule has 0 bridgehead atoms. The van der Waals surface area contributed by atoms with E-state index in [0.29, 0.717) is 12.2 Å². The van der Waals surface area contributed by atoms with Crippen molar-refractivity contribution in [1.29, 1.82) is 0 Å². The van der Waals surface area contributed by atoms with E-state index in [1.54, 1.807) is 23.3 Å². The number of aromatic nitrogens is 4. The number of carbonyl (C=O) groups excluding carboxylic acids is 1. The lowest BCUT2D eigenvalue weighted by Crippen LogP contribution is -2.39. The van der Waals surface area contributed by atoms with Gasteiger partial charge in [-0.15, -0.1) is 5.10 Å². The summed E-state index contributed by atoms with van der Waals surface area (Å²) in [5, 5.41) is 13.4. The van der Waals surface area contributed by atoms with Gasteiger partial charge in [0, 0.05) is 12.2 Å². The second kappa shape index (κ2) is 5.94. The number of pyridine rings is 1. The van der Waals surface area contributed by atoms with Gasteiger partial charge >= 0.3 is 6.03 Å². The molecule has 0 spiro atoms. The Morgan fingerprint density at radius 1 is 1.47 bits per heavy atom. The van der Waals surface area contributed by atoms with Crippen LogP contribution in [0.25, 0.3) is 5.69 Å². The summed E-state index contributed by atoms with van der Waals surface area (Å²) in [6.45, 7) is 4.13. The Morgan fingerprint density at radius 3 is 3.00 bits per heavy atom. The van der Waals surface area contributed by atoms with Gasteiger partial charge in [-0.1, -0.05) is 5.21 Å². The highest BCUT2D eigenvalue weighted by molar-refractivity contribution is 5.73. The van der Waals surface area contributed by atoms with Crippen molar-refractivity contribution in [2.24, 2.45) is 0 Å². The Balaban J connectivity index is 1.93. The highest BCUT2D eigenvalue weighted by Crippen LogP contribution is 2.03. The molecule has 100 valence electrons. The molecule has 0 aromatic carbocycles. The Morgan fingerprint density at radius 2 is 2.32 bits per heavy atom. The minimum absolute atomic E-state index is 0.103. The Kier molecular flexibility index (Phi) is 4.07. The first-order valence-electron chi connectivity index (χ1n) is 6.01. The monoisotopic (exact) mass is 260 g/mol. The van der Waals surface area contributed by atoms with Crippen LogP contribution in [0.1, 0.15) is 19.5 Å². The summed E-state index contributed by atoms with van der Waals surface area (Å²) in [7, 11) is 0. The SMILES string of the molecule is CC(C)NC(=O)NCc1cn(-c2cccnc2)nn1. The van der Waals surface area contributed by atoms with Gasteiger partial charge in [0.25, 0.3) is 0 Å². The van der Waals surface area contributed by atoms with Crippen LogP contribution in [0, 0.1) is 0 Å². The smallest absolute Gasteiger partial charge is 0.315 e. The first-order valence-corrected chi connectivity index (χ1v) is 6.01. The third kappa shape index (κ3) is 3.77. The van der Waals surface area contributed by atoms with Crippen LogP contribution in [0.3, 0.4) is 0 Å². The molecule has 2 rings (SSSR count). The number of hydrogen-bond donors (Lipinski definition) is 2. The lowest BCUT2D eigenvalue weighted by Gasteiger charge is -2.08. The maximum absolute atomic E-state index is 11.4. The minimum Gasteiger partial charge on any atom is -0.336 e. The van der Waals surface area contributed by atoms with Gasteiger partial charge in [0.15, 0.2) is 0 Å². The largest absolute Gasteiger partial charge is 0.336 e. The van der Waals surface area contributed by atoms with Gasteiger partial charge in [0.1, 0.15) is 5.69 Å². The summed E-state index contributed by atoms with van der Waals surface area (Å²) in [4.78, 5) is 15.4. The van der Waals surface area contributed by atoms with E-state index in [-0.39, 0.29) is 12.1 Å². The van der Waals surface area contributed by atoms with E-state index in [0.717, 1.165) is 5.69 Å². The highest BCUT2D eigenvalue weighted by Gasteiger charge is 2.05. The summed E-state index contributed by atoms with van der Waals surface area (Å²) in [6.07, 6.45) is 5.14. The zero-order valence-electron chi connectivity index (χ0n) is 10.9. The van der Waals surface area contributed by atoms with Crippen LogP contribution in [0.4, 0.5) is 4.79 Å². The van der Waals surface area contributed by atoms with Crippen molar-refractivity contribution in [3.8, 4) is 5.69 Å². The van der Waals surface area contributed by atoms with Crippen molar-refractivity contribution in [2.75, 3.05) is 0 Å². The second-order valence-corrected chi connectivity index (χ2v) is 4.35. The predicted molar refractivity (Wildman–Crippen MR) is 69.7 cm³/mol. The van der Waals surface area contributed by atoms with Gasteiger partial charge in [-0.25, -0.2) is 9.48 Å². The molecule has 0 aliphatic heterocycles. The molecule has 2 amide bonds. The van der Waals surface area contributed by atoms with Crippen molar-refractivity contribution < 1.29 is 4.79 Å². The van der Waals surface area contributed by atoms with Gasteiger partial charge in [-0.05, 0) is 26.0 Å². The third-order valence-corrected chi connectivity index (χ3v) is 2.30. The van der Waals surface area contributed by atoms with E-state index in [2.05, 4.69) is 25.9 Å². The van der Waals surface area contributed by atoms with Crippen LogP contribution in [0.15, 0.2) is 30.7 Å². The van der Waals surface area contributed by atoms with Gasteiger partial charge in [-0.2, -0.15) is 0 Å². The molecule has 7 heteroatoms. The van der Waals surface area contributed by atoms with E-state index in [1.165, 1.54) is 0 Å². The van der Waals surface area contributed by atoms with Gasteiger partial charge in [0.2, 0.25) is 0 Å². The summed E-state index contributed by atoms with van der Waals surface area (Å²) < 4.78 is 1.62.